The molecule has 0 fully saturated rings. The number of esters is 1. The highest BCUT2D eigenvalue weighted by atomic mass is 19.2. The summed E-state index contributed by atoms with van der Waals surface area (Å²) >= 11 is 0. The number of rotatable bonds is 5. The van der Waals surface area contributed by atoms with E-state index < -0.39 is 47.4 Å². The van der Waals surface area contributed by atoms with E-state index in [0.29, 0.717) is 0 Å². The lowest BCUT2D eigenvalue weighted by Gasteiger charge is -2.10. The van der Waals surface area contributed by atoms with Gasteiger partial charge in [-0.15, -0.1) is 0 Å². The number of hydrogen-bond donors (Lipinski definition) is 0. The van der Waals surface area contributed by atoms with Gasteiger partial charge in [0.2, 0.25) is 34.8 Å². The number of carbonyl (C=O) groups is 1. The Morgan fingerprint density at radius 2 is 1.29 bits per heavy atom. The second-order valence-electron chi connectivity index (χ2n) is 5.56. The summed E-state index contributed by atoms with van der Waals surface area (Å²) in [6.45, 7) is -0.808. The summed E-state index contributed by atoms with van der Waals surface area (Å²) in [5.74, 6) is -14.0. The molecule has 0 radical (unpaired) electrons. The van der Waals surface area contributed by atoms with E-state index in [-0.39, 0.29) is 5.75 Å². The van der Waals surface area contributed by atoms with E-state index in [1.54, 1.807) is 18.2 Å². The molecule has 8 heteroatoms. The molecule has 0 aliphatic rings. The maximum Gasteiger partial charge on any atom is 0.349 e. The zero-order valence-electron chi connectivity index (χ0n) is 14.0. The minimum Gasteiger partial charge on any atom is -0.482 e. The van der Waals surface area contributed by atoms with E-state index in [1.165, 1.54) is 6.07 Å². The third-order valence-corrected chi connectivity index (χ3v) is 3.68. The lowest BCUT2D eigenvalue weighted by atomic mass is 10.1. The Morgan fingerprint density at radius 3 is 1.93 bits per heavy atom. The first-order valence-electron chi connectivity index (χ1n) is 7.89. The number of benzene rings is 3. The topological polar surface area (TPSA) is 35.5 Å². The first kappa shape index (κ1) is 19.3. The predicted octanol–water partition coefficient (Wildman–Crippen LogP) is 5.03. The Morgan fingerprint density at radius 1 is 0.714 bits per heavy atom. The molecule has 3 rings (SSSR count). The Balaban J connectivity index is 1.71. The lowest BCUT2D eigenvalue weighted by Crippen LogP contribution is -2.20. The van der Waals surface area contributed by atoms with Crippen LogP contribution in [0.25, 0.3) is 11.1 Å². The molecule has 0 aliphatic carbocycles. The summed E-state index contributed by atoms with van der Waals surface area (Å²) in [6, 6.07) is 15.8. The summed E-state index contributed by atoms with van der Waals surface area (Å²) in [4.78, 5) is 11.7. The Kier molecular flexibility index (Phi) is 5.58. The van der Waals surface area contributed by atoms with Gasteiger partial charge in [-0.25, -0.2) is 18.0 Å². The van der Waals surface area contributed by atoms with Crippen LogP contribution in [0.1, 0.15) is 0 Å². The van der Waals surface area contributed by atoms with Crippen molar-refractivity contribution in [1.29, 1.82) is 0 Å². The smallest absolute Gasteiger partial charge is 0.349 e. The molecule has 0 spiro atoms. The highest BCUT2D eigenvalue weighted by molar-refractivity contribution is 5.74. The van der Waals surface area contributed by atoms with Gasteiger partial charge in [-0.05, 0) is 23.3 Å². The molecule has 3 aromatic carbocycles. The monoisotopic (exact) mass is 394 g/mol. The molecule has 0 amide bonds. The molecule has 0 atom stereocenters. The third kappa shape index (κ3) is 3.95. The van der Waals surface area contributed by atoms with Gasteiger partial charge in [0.1, 0.15) is 5.75 Å². The van der Waals surface area contributed by atoms with Crippen molar-refractivity contribution in [2.45, 2.75) is 0 Å². The largest absolute Gasteiger partial charge is 0.482 e. The Hall–Kier alpha value is -3.42. The van der Waals surface area contributed by atoms with Crippen LogP contribution >= 0.6 is 0 Å². The van der Waals surface area contributed by atoms with Crippen LogP contribution in [0.5, 0.6) is 11.5 Å². The van der Waals surface area contributed by atoms with E-state index in [4.69, 9.17) is 4.74 Å². The van der Waals surface area contributed by atoms with Crippen molar-refractivity contribution in [3.8, 4) is 22.6 Å². The maximum atomic E-state index is 13.5. The molecule has 0 aliphatic heterocycles. The van der Waals surface area contributed by atoms with E-state index in [0.717, 1.165) is 11.1 Å². The van der Waals surface area contributed by atoms with Gasteiger partial charge in [0.05, 0.1) is 0 Å². The van der Waals surface area contributed by atoms with Gasteiger partial charge >= 0.3 is 5.97 Å². The molecule has 0 unspecified atom stereocenters. The number of carbonyl (C=O) groups excluding carboxylic acids is 1. The minimum atomic E-state index is -2.34. The van der Waals surface area contributed by atoms with Gasteiger partial charge in [0.15, 0.2) is 6.61 Å². The van der Waals surface area contributed by atoms with Crippen molar-refractivity contribution in [1.82, 2.24) is 0 Å². The summed E-state index contributed by atoms with van der Waals surface area (Å²) in [5, 5.41) is 0. The second-order valence-corrected chi connectivity index (χ2v) is 5.56. The fourth-order valence-electron chi connectivity index (χ4n) is 2.36. The summed E-state index contributed by atoms with van der Waals surface area (Å²) in [6.07, 6.45) is 0. The fraction of sp³-hybridized carbons (Fsp3) is 0.0500. The van der Waals surface area contributed by atoms with Crippen LogP contribution in [-0.4, -0.2) is 12.6 Å². The molecule has 0 saturated heterocycles. The Bertz CT molecular complexity index is 993. The molecular weight excluding hydrogens is 383 g/mol. The van der Waals surface area contributed by atoms with Crippen molar-refractivity contribution in [3.05, 3.63) is 83.7 Å². The quantitative estimate of drug-likeness (QED) is 0.200. The molecular formula is C20H11F5O3. The Labute approximate surface area is 155 Å². The number of hydrogen-bond acceptors (Lipinski definition) is 3. The summed E-state index contributed by atoms with van der Waals surface area (Å²) < 4.78 is 75.8. The first-order chi connectivity index (χ1) is 13.4. The predicted molar refractivity (Wildman–Crippen MR) is 89.2 cm³/mol. The molecule has 0 N–H and O–H groups in total. The maximum absolute atomic E-state index is 13.5. The van der Waals surface area contributed by atoms with Crippen LogP contribution in [0, 0.1) is 29.1 Å². The zero-order valence-corrected chi connectivity index (χ0v) is 14.0. The van der Waals surface area contributed by atoms with Crippen LogP contribution in [0.2, 0.25) is 0 Å². The van der Waals surface area contributed by atoms with Crippen LogP contribution in [0.4, 0.5) is 22.0 Å². The van der Waals surface area contributed by atoms with Gasteiger partial charge in [-0.2, -0.15) is 8.78 Å². The van der Waals surface area contributed by atoms with Crippen LogP contribution in [0.15, 0.2) is 54.6 Å². The molecule has 0 aromatic heterocycles. The average molecular weight is 394 g/mol. The molecule has 144 valence electrons. The van der Waals surface area contributed by atoms with Crippen molar-refractivity contribution >= 4 is 5.97 Å². The van der Waals surface area contributed by atoms with Crippen LogP contribution in [0.3, 0.4) is 0 Å². The van der Waals surface area contributed by atoms with Crippen molar-refractivity contribution in [3.63, 3.8) is 0 Å². The molecule has 0 saturated carbocycles. The van der Waals surface area contributed by atoms with Crippen molar-refractivity contribution in [2.75, 3.05) is 6.61 Å². The zero-order chi connectivity index (χ0) is 20.3. The number of ether oxygens (including phenoxy) is 2. The van der Waals surface area contributed by atoms with E-state index in [2.05, 4.69) is 4.74 Å². The van der Waals surface area contributed by atoms with Gasteiger partial charge in [0.25, 0.3) is 0 Å². The standard InChI is InChI=1S/C20H11F5O3/c21-15-16(22)18(24)20(19(25)17(15)23)28-14(26)10-27-13-8-4-7-12(9-13)11-5-2-1-3-6-11/h1-9H,10H2. The normalized spacial score (nSPS) is 10.6. The highest BCUT2D eigenvalue weighted by Crippen LogP contribution is 2.29. The van der Waals surface area contributed by atoms with Gasteiger partial charge in [0, 0.05) is 0 Å². The molecule has 3 aromatic rings. The second kappa shape index (κ2) is 8.08. The van der Waals surface area contributed by atoms with E-state index in [1.807, 2.05) is 30.3 Å². The van der Waals surface area contributed by atoms with Gasteiger partial charge in [-0.3, -0.25) is 0 Å². The number of halogens is 5. The van der Waals surface area contributed by atoms with E-state index in [9.17, 15) is 26.7 Å². The van der Waals surface area contributed by atoms with Gasteiger partial charge in [-0.1, -0.05) is 42.5 Å². The third-order valence-electron chi connectivity index (χ3n) is 3.68. The minimum absolute atomic E-state index is 0.246. The molecule has 0 heterocycles. The lowest BCUT2D eigenvalue weighted by molar-refractivity contribution is -0.137. The van der Waals surface area contributed by atoms with E-state index >= 15 is 0 Å². The first-order valence-corrected chi connectivity index (χ1v) is 7.89. The van der Waals surface area contributed by atoms with Crippen LogP contribution in [-0.2, 0) is 4.79 Å². The highest BCUT2D eigenvalue weighted by Gasteiger charge is 2.28. The average Bonchev–Trinajstić information content (AvgIpc) is 2.73. The SMILES string of the molecule is O=C(COc1cccc(-c2ccccc2)c1)Oc1c(F)c(F)c(F)c(F)c1F. The molecule has 0 bridgehead atoms. The fourth-order valence-corrected chi connectivity index (χ4v) is 2.36. The van der Waals surface area contributed by atoms with Gasteiger partial charge < -0.3 is 9.47 Å². The molecule has 28 heavy (non-hydrogen) atoms. The molecule has 3 nitrogen and oxygen atoms in total. The summed E-state index contributed by atoms with van der Waals surface area (Å²) in [5.41, 5.74) is 1.67. The van der Waals surface area contributed by atoms with Crippen molar-refractivity contribution in [2.24, 2.45) is 0 Å². The summed E-state index contributed by atoms with van der Waals surface area (Å²) in [7, 11) is 0. The van der Waals surface area contributed by atoms with Crippen molar-refractivity contribution < 1.29 is 36.2 Å². The van der Waals surface area contributed by atoms with Crippen LogP contribution < -0.4 is 9.47 Å².